The lowest BCUT2D eigenvalue weighted by Gasteiger charge is -2.36. The molecule has 24 heavy (non-hydrogen) atoms. The predicted octanol–water partition coefficient (Wildman–Crippen LogP) is 2.17. The van der Waals surface area contributed by atoms with Crippen LogP contribution in [0.25, 0.3) is 0 Å². The van der Waals surface area contributed by atoms with Crippen LogP contribution in [0, 0.1) is 5.41 Å². The first-order valence-corrected chi connectivity index (χ1v) is 9.57. The summed E-state index contributed by atoms with van der Waals surface area (Å²) in [5.74, 6) is 0.145. The van der Waals surface area contributed by atoms with Crippen molar-refractivity contribution in [2.45, 2.75) is 38.2 Å². The van der Waals surface area contributed by atoms with Gasteiger partial charge in [-0.15, -0.1) is 0 Å². The number of cyclic esters (lactones) is 1. The first-order valence-electron chi connectivity index (χ1n) is 8.63. The smallest absolute Gasteiger partial charge is 0.312 e. The van der Waals surface area contributed by atoms with Gasteiger partial charge in [-0.3, -0.25) is 9.59 Å². The van der Waals surface area contributed by atoms with E-state index in [1.165, 1.54) is 5.56 Å². The average molecular weight is 350 g/mol. The number of carbonyl (C=O) groups excluding carboxylic acids is 2. The van der Waals surface area contributed by atoms with Crippen molar-refractivity contribution >= 4 is 23.2 Å². The fourth-order valence-electron chi connectivity index (χ4n) is 3.78. The Labute approximate surface area is 147 Å². The van der Waals surface area contributed by atoms with Gasteiger partial charge in [0.25, 0.3) is 0 Å². The number of nitrogens with zero attached hydrogens (tertiary/aromatic N) is 2. The average Bonchev–Trinajstić information content (AvgIpc) is 3.14. The van der Waals surface area contributed by atoms with Gasteiger partial charge in [0.05, 0.1) is 5.41 Å². The van der Waals surface area contributed by atoms with E-state index in [1.807, 2.05) is 24.4 Å². The summed E-state index contributed by atoms with van der Waals surface area (Å²) in [5, 5.41) is 4.14. The van der Waals surface area contributed by atoms with E-state index in [2.05, 4.69) is 16.3 Å². The highest BCUT2D eigenvalue weighted by Crippen LogP contribution is 2.43. The van der Waals surface area contributed by atoms with E-state index in [0.29, 0.717) is 19.5 Å². The van der Waals surface area contributed by atoms with Gasteiger partial charge in [-0.1, -0.05) is 0 Å². The zero-order valence-electron chi connectivity index (χ0n) is 14.5. The Balaban J connectivity index is 1.50. The van der Waals surface area contributed by atoms with E-state index in [4.69, 9.17) is 4.74 Å². The maximum absolute atomic E-state index is 12.4. The summed E-state index contributed by atoms with van der Waals surface area (Å²) in [6.45, 7) is 2.12. The number of esters is 1. The van der Waals surface area contributed by atoms with Crippen molar-refractivity contribution in [1.82, 2.24) is 9.80 Å². The first-order chi connectivity index (χ1) is 11.5. The minimum atomic E-state index is -0.356. The molecule has 0 aromatic carbocycles. The molecule has 2 aliphatic rings. The summed E-state index contributed by atoms with van der Waals surface area (Å²) in [5.41, 5.74) is 0.873. The minimum Gasteiger partial charge on any atom is -0.461 e. The zero-order valence-corrected chi connectivity index (χ0v) is 15.3. The summed E-state index contributed by atoms with van der Waals surface area (Å²) in [6.07, 6.45) is 3.61. The van der Waals surface area contributed by atoms with Gasteiger partial charge in [0.1, 0.15) is 6.10 Å². The molecule has 1 spiro atoms. The van der Waals surface area contributed by atoms with E-state index in [0.717, 1.165) is 32.2 Å². The van der Waals surface area contributed by atoms with Crippen molar-refractivity contribution < 1.29 is 14.3 Å². The number of hydrogen-bond donors (Lipinski definition) is 0. The molecule has 2 fully saturated rings. The van der Waals surface area contributed by atoms with Crippen LogP contribution in [0.2, 0.25) is 0 Å². The summed E-state index contributed by atoms with van der Waals surface area (Å²) in [7, 11) is 3.99. The Hall–Kier alpha value is -1.40. The second-order valence-corrected chi connectivity index (χ2v) is 8.07. The number of aryl methyl sites for hydroxylation is 1. The summed E-state index contributed by atoms with van der Waals surface area (Å²) < 4.78 is 5.57. The number of carbonyl (C=O) groups is 2. The molecule has 3 heterocycles. The van der Waals surface area contributed by atoms with Crippen LogP contribution in [-0.2, 0) is 20.7 Å². The normalized spacial score (nSPS) is 23.0. The first kappa shape index (κ1) is 17.4. The summed E-state index contributed by atoms with van der Waals surface area (Å²) >= 11 is 1.66. The van der Waals surface area contributed by atoms with Crippen LogP contribution in [0.1, 0.15) is 31.2 Å². The van der Waals surface area contributed by atoms with Crippen molar-refractivity contribution in [3.8, 4) is 0 Å². The highest BCUT2D eigenvalue weighted by molar-refractivity contribution is 7.07. The van der Waals surface area contributed by atoms with Gasteiger partial charge in [-0.05, 0) is 55.7 Å². The lowest BCUT2D eigenvalue weighted by molar-refractivity contribution is -0.152. The minimum absolute atomic E-state index is 0.00616. The quantitative estimate of drug-likeness (QED) is 0.764. The molecule has 1 unspecified atom stereocenters. The van der Waals surface area contributed by atoms with Crippen LogP contribution < -0.4 is 0 Å². The maximum Gasteiger partial charge on any atom is 0.312 e. The number of hydrogen-bond acceptors (Lipinski definition) is 5. The number of amides is 1. The molecule has 132 valence electrons. The van der Waals surface area contributed by atoms with Crippen molar-refractivity contribution in [2.24, 2.45) is 5.41 Å². The van der Waals surface area contributed by atoms with E-state index in [9.17, 15) is 9.59 Å². The van der Waals surface area contributed by atoms with Crippen LogP contribution in [0.5, 0.6) is 0 Å². The molecule has 2 aliphatic heterocycles. The van der Waals surface area contributed by atoms with Gasteiger partial charge in [0.15, 0.2) is 0 Å². The van der Waals surface area contributed by atoms with E-state index in [1.54, 1.807) is 11.3 Å². The van der Waals surface area contributed by atoms with Crippen molar-refractivity contribution in [3.05, 3.63) is 22.4 Å². The van der Waals surface area contributed by atoms with Crippen LogP contribution in [0.15, 0.2) is 16.8 Å². The Bertz CT molecular complexity index is 577. The van der Waals surface area contributed by atoms with E-state index >= 15 is 0 Å². The largest absolute Gasteiger partial charge is 0.461 e. The molecule has 2 saturated heterocycles. The lowest BCUT2D eigenvalue weighted by Crippen LogP contribution is -2.45. The van der Waals surface area contributed by atoms with Crippen LogP contribution in [-0.4, -0.2) is 61.5 Å². The fourth-order valence-corrected chi connectivity index (χ4v) is 4.49. The zero-order chi connectivity index (χ0) is 17.2. The monoisotopic (exact) mass is 350 g/mol. The fraction of sp³-hybridized carbons (Fsp3) is 0.667. The number of likely N-dealkylation sites (tertiary alicyclic amines) is 1. The third-order valence-corrected chi connectivity index (χ3v) is 5.91. The standard InChI is InChI=1S/C18H26N2O3S/c1-19(2)12-15-11-18(17(22)23-15)6-8-20(9-7-18)16(21)4-3-14-5-10-24-13-14/h5,10,13,15H,3-4,6-9,11-12H2,1-2H3. The van der Waals surface area contributed by atoms with Crippen molar-refractivity contribution in [1.29, 1.82) is 0 Å². The van der Waals surface area contributed by atoms with Gasteiger partial charge in [0.2, 0.25) is 5.91 Å². The number of ether oxygens (including phenoxy) is 1. The van der Waals surface area contributed by atoms with Crippen LogP contribution >= 0.6 is 11.3 Å². The third kappa shape index (κ3) is 3.81. The molecule has 0 radical (unpaired) electrons. The molecule has 1 aromatic rings. The molecule has 3 rings (SSSR count). The second kappa shape index (κ2) is 7.23. The molecule has 0 saturated carbocycles. The molecule has 0 aliphatic carbocycles. The number of piperidine rings is 1. The van der Waals surface area contributed by atoms with Gasteiger partial charge in [0, 0.05) is 32.5 Å². The molecular weight excluding hydrogens is 324 g/mol. The highest BCUT2D eigenvalue weighted by Gasteiger charge is 2.50. The van der Waals surface area contributed by atoms with Crippen LogP contribution in [0.3, 0.4) is 0 Å². The van der Waals surface area contributed by atoms with Gasteiger partial charge < -0.3 is 14.5 Å². The number of likely N-dealkylation sites (N-methyl/N-ethyl adjacent to an activating group) is 1. The third-order valence-electron chi connectivity index (χ3n) is 5.17. The van der Waals surface area contributed by atoms with E-state index < -0.39 is 0 Å². The Morgan fingerprint density at radius 1 is 1.42 bits per heavy atom. The maximum atomic E-state index is 12.4. The molecular formula is C18H26N2O3S. The van der Waals surface area contributed by atoms with Crippen LogP contribution in [0.4, 0.5) is 0 Å². The van der Waals surface area contributed by atoms with Gasteiger partial charge in [-0.25, -0.2) is 0 Å². The summed E-state index contributed by atoms with van der Waals surface area (Å²) in [6, 6.07) is 2.07. The molecule has 1 atom stereocenters. The number of thiophene rings is 1. The van der Waals surface area contributed by atoms with Crippen molar-refractivity contribution in [3.63, 3.8) is 0 Å². The molecule has 0 bridgehead atoms. The van der Waals surface area contributed by atoms with Gasteiger partial charge >= 0.3 is 5.97 Å². The molecule has 0 N–H and O–H groups in total. The molecule has 6 heteroatoms. The number of rotatable bonds is 5. The summed E-state index contributed by atoms with van der Waals surface area (Å²) in [4.78, 5) is 28.7. The van der Waals surface area contributed by atoms with Crippen molar-refractivity contribution in [2.75, 3.05) is 33.7 Å². The topological polar surface area (TPSA) is 49.9 Å². The van der Waals surface area contributed by atoms with E-state index in [-0.39, 0.29) is 23.4 Å². The Morgan fingerprint density at radius 2 is 2.17 bits per heavy atom. The SMILES string of the molecule is CN(C)CC1CC2(CCN(C(=O)CCc3ccsc3)CC2)C(=O)O1. The van der Waals surface area contributed by atoms with Gasteiger partial charge in [-0.2, -0.15) is 11.3 Å². The molecule has 1 aromatic heterocycles. The molecule has 1 amide bonds. The lowest BCUT2D eigenvalue weighted by atomic mass is 9.76. The Kier molecular flexibility index (Phi) is 5.25. The highest BCUT2D eigenvalue weighted by atomic mass is 32.1. The Morgan fingerprint density at radius 3 is 2.79 bits per heavy atom. The predicted molar refractivity (Wildman–Crippen MR) is 93.9 cm³/mol. The molecule has 5 nitrogen and oxygen atoms in total. The second-order valence-electron chi connectivity index (χ2n) is 7.29.